The number of nitrogens with zero attached hydrogens (tertiary/aromatic N) is 3. The third kappa shape index (κ3) is 2.94. The lowest BCUT2D eigenvalue weighted by Crippen LogP contribution is -2.65. The minimum absolute atomic E-state index is 0.0570. The van der Waals surface area contributed by atoms with Crippen molar-refractivity contribution >= 4 is 11.6 Å². The molecule has 0 unspecified atom stereocenters. The molecule has 6 heteroatoms. The Labute approximate surface area is 226 Å². The van der Waals surface area contributed by atoms with E-state index in [4.69, 9.17) is 4.42 Å². The largest absolute Gasteiger partial charge is 0.427 e. The van der Waals surface area contributed by atoms with E-state index < -0.39 is 10.8 Å². The second-order valence-electron chi connectivity index (χ2n) is 15.2. The van der Waals surface area contributed by atoms with Gasteiger partial charge in [-0.15, -0.1) is 10.2 Å². The lowest BCUT2D eigenvalue weighted by Gasteiger charge is -2.68. The number of ketones is 2. The summed E-state index contributed by atoms with van der Waals surface area (Å²) in [5, 5.41) is 18.4. The number of aromatic nitrogens is 2. The Kier molecular flexibility index (Phi) is 5.11. The number of carbonyl (C=O) groups excluding carboxylic acids is 2. The molecule has 0 amide bonds. The van der Waals surface area contributed by atoms with Crippen molar-refractivity contribution in [2.45, 2.75) is 98.8 Å². The maximum absolute atomic E-state index is 14.5. The van der Waals surface area contributed by atoms with E-state index in [0.29, 0.717) is 5.89 Å². The molecule has 0 bridgehead atoms. The van der Waals surface area contributed by atoms with E-state index in [1.54, 1.807) is 0 Å². The molecule has 3 saturated carbocycles. The van der Waals surface area contributed by atoms with Crippen molar-refractivity contribution < 1.29 is 14.0 Å². The van der Waals surface area contributed by atoms with Gasteiger partial charge in [0.1, 0.15) is 6.07 Å². The van der Waals surface area contributed by atoms with Crippen LogP contribution >= 0.6 is 0 Å². The smallest absolute Gasteiger partial charge is 0.222 e. The van der Waals surface area contributed by atoms with Crippen LogP contribution in [0.4, 0.5) is 0 Å². The molecule has 6 nitrogen and oxygen atoms in total. The molecule has 1 aromatic rings. The van der Waals surface area contributed by atoms with Gasteiger partial charge in [-0.05, 0) is 79.1 Å². The minimum Gasteiger partial charge on any atom is -0.427 e. The van der Waals surface area contributed by atoms with Crippen LogP contribution in [0.15, 0.2) is 34.1 Å². The van der Waals surface area contributed by atoms with Crippen molar-refractivity contribution in [1.82, 2.24) is 10.2 Å². The van der Waals surface area contributed by atoms with Crippen molar-refractivity contribution in [2.24, 2.45) is 44.8 Å². The topological polar surface area (TPSA) is 96.8 Å². The van der Waals surface area contributed by atoms with Crippen LogP contribution in [0, 0.1) is 56.2 Å². The molecule has 0 spiro atoms. The lowest BCUT2D eigenvalue weighted by molar-refractivity contribution is -0.161. The number of hydrogen-bond acceptors (Lipinski definition) is 6. The van der Waals surface area contributed by atoms with E-state index in [9.17, 15) is 14.9 Å². The molecule has 0 radical (unpaired) electrons. The zero-order valence-corrected chi connectivity index (χ0v) is 24.0. The normalized spacial score (nSPS) is 44.9. The monoisotopic (exact) mass is 515 g/mol. The Balaban J connectivity index is 1.54. The maximum Gasteiger partial charge on any atom is 0.222 e. The van der Waals surface area contributed by atoms with Crippen LogP contribution in [-0.4, -0.2) is 21.8 Å². The van der Waals surface area contributed by atoms with Gasteiger partial charge in [-0.2, -0.15) is 5.26 Å². The van der Waals surface area contributed by atoms with Crippen molar-refractivity contribution in [1.29, 1.82) is 5.26 Å². The molecule has 0 saturated heterocycles. The zero-order chi connectivity index (χ0) is 27.5. The van der Waals surface area contributed by atoms with Gasteiger partial charge in [-0.25, -0.2) is 0 Å². The number of allylic oxidation sites excluding steroid dienone is 4. The van der Waals surface area contributed by atoms with Gasteiger partial charge in [-0.1, -0.05) is 60.1 Å². The summed E-state index contributed by atoms with van der Waals surface area (Å²) in [6.07, 6.45) is 12.0. The Morgan fingerprint density at radius 2 is 1.71 bits per heavy atom. The third-order valence-corrected chi connectivity index (χ3v) is 12.6. The molecule has 38 heavy (non-hydrogen) atoms. The van der Waals surface area contributed by atoms with Crippen LogP contribution in [0.1, 0.15) is 99.3 Å². The summed E-state index contributed by atoms with van der Waals surface area (Å²) < 4.78 is 5.91. The van der Waals surface area contributed by atoms with E-state index in [2.05, 4.69) is 50.9 Å². The number of fused-ring (bicyclic) bond motifs is 7. The summed E-state index contributed by atoms with van der Waals surface area (Å²) in [5.41, 5.74) is -0.355. The van der Waals surface area contributed by atoms with Crippen LogP contribution in [0.2, 0.25) is 0 Å². The Bertz CT molecular complexity index is 1330. The molecule has 202 valence electrons. The molecular formula is C32H41N3O3. The van der Waals surface area contributed by atoms with Crippen LogP contribution in [0.5, 0.6) is 0 Å². The quantitative estimate of drug-likeness (QED) is 0.421. The summed E-state index contributed by atoms with van der Waals surface area (Å²) in [7, 11) is 0. The lowest BCUT2D eigenvalue weighted by atomic mass is 9.34. The molecule has 6 rings (SSSR count). The van der Waals surface area contributed by atoms with Gasteiger partial charge in [0.2, 0.25) is 12.3 Å². The van der Waals surface area contributed by atoms with Gasteiger partial charge in [0, 0.05) is 16.7 Å². The highest BCUT2D eigenvalue weighted by molar-refractivity contribution is 6.04. The van der Waals surface area contributed by atoms with Gasteiger partial charge < -0.3 is 4.42 Å². The molecule has 7 atom stereocenters. The summed E-state index contributed by atoms with van der Waals surface area (Å²) in [6.45, 7) is 15.5. The maximum atomic E-state index is 14.5. The molecule has 0 N–H and O–H groups in total. The summed E-state index contributed by atoms with van der Waals surface area (Å²) in [6, 6.07) is 2.20. The first kappa shape index (κ1) is 25.7. The molecule has 0 aliphatic heterocycles. The van der Waals surface area contributed by atoms with Crippen molar-refractivity contribution in [2.75, 3.05) is 0 Å². The van der Waals surface area contributed by atoms with E-state index in [-0.39, 0.29) is 56.6 Å². The number of Topliss-reactive ketones (excluding diaryl/α,β-unsaturated/α-hetero) is 1. The molecule has 0 aromatic carbocycles. The molecule has 1 aromatic heterocycles. The van der Waals surface area contributed by atoms with Crippen LogP contribution < -0.4 is 0 Å². The van der Waals surface area contributed by atoms with Gasteiger partial charge in [0.25, 0.3) is 0 Å². The first-order valence-corrected chi connectivity index (χ1v) is 14.4. The average molecular weight is 516 g/mol. The van der Waals surface area contributed by atoms with E-state index in [1.807, 2.05) is 26.0 Å². The fourth-order valence-corrected chi connectivity index (χ4v) is 10.4. The second kappa shape index (κ2) is 7.55. The highest BCUT2D eigenvalue weighted by Gasteiger charge is 2.70. The van der Waals surface area contributed by atoms with Gasteiger partial charge in [-0.3, -0.25) is 9.59 Å². The second-order valence-corrected chi connectivity index (χ2v) is 15.2. The molecule has 5 aliphatic carbocycles. The highest BCUT2D eigenvalue weighted by Crippen LogP contribution is 2.74. The standard InChI is InChI=1S/C32H41N3O3/c1-27(2)10-12-32(26-35-34-18-38-26)13-11-31(7)24(20(32)16-27)21(36)14-23-29(5)15-19(17-33)25(37)28(3,4)22(29)8-9-30(23,31)6/h14-15,18,20,22,24H,8-13,16H2,1-7H3/t20-,22-,24-,29-,30+,31+,32-/m0/s1. The Morgan fingerprint density at radius 3 is 2.37 bits per heavy atom. The fourth-order valence-electron chi connectivity index (χ4n) is 10.4. The van der Waals surface area contributed by atoms with Crippen molar-refractivity contribution in [3.63, 3.8) is 0 Å². The predicted octanol–water partition coefficient (Wildman–Crippen LogP) is 6.54. The number of carbonyl (C=O) groups is 2. The minimum atomic E-state index is -0.648. The summed E-state index contributed by atoms with van der Waals surface area (Å²) in [5.74, 6) is 0.903. The van der Waals surface area contributed by atoms with Crippen LogP contribution in [-0.2, 0) is 15.0 Å². The summed E-state index contributed by atoms with van der Waals surface area (Å²) in [4.78, 5) is 27.7. The number of nitriles is 1. The molecule has 5 aliphatic rings. The van der Waals surface area contributed by atoms with Gasteiger partial charge >= 0.3 is 0 Å². The number of hydrogen-bond donors (Lipinski definition) is 0. The Hall–Kier alpha value is -2.55. The van der Waals surface area contributed by atoms with Gasteiger partial charge in [0.15, 0.2) is 11.6 Å². The third-order valence-electron chi connectivity index (χ3n) is 12.6. The molecular weight excluding hydrogens is 474 g/mol. The van der Waals surface area contributed by atoms with E-state index in [1.165, 1.54) is 6.39 Å². The zero-order valence-electron chi connectivity index (χ0n) is 24.0. The summed E-state index contributed by atoms with van der Waals surface area (Å²) >= 11 is 0. The highest BCUT2D eigenvalue weighted by atomic mass is 16.4. The molecule has 3 fully saturated rings. The molecule has 1 heterocycles. The van der Waals surface area contributed by atoms with Crippen molar-refractivity contribution in [3.05, 3.63) is 35.6 Å². The number of rotatable bonds is 1. The average Bonchev–Trinajstić information content (AvgIpc) is 3.38. The first-order valence-electron chi connectivity index (χ1n) is 14.4. The SMILES string of the molecule is CC1(C)CC[C@]2(c3nnco3)CC[C@]3(C)[C@H](C(=O)C=C4[C@@]5(C)C=C(C#N)C(=O)C(C)(C)[C@@H]5CC[C@]43C)[C@@H]2C1. The van der Waals surface area contributed by atoms with Crippen LogP contribution in [0.3, 0.4) is 0 Å². The van der Waals surface area contributed by atoms with Crippen molar-refractivity contribution in [3.8, 4) is 6.07 Å². The first-order chi connectivity index (χ1) is 17.7. The van der Waals surface area contributed by atoms with Crippen LogP contribution in [0.25, 0.3) is 0 Å². The van der Waals surface area contributed by atoms with E-state index >= 15 is 0 Å². The predicted molar refractivity (Wildman–Crippen MR) is 142 cm³/mol. The fraction of sp³-hybridized carbons (Fsp3) is 0.719. The van der Waals surface area contributed by atoms with Gasteiger partial charge in [0.05, 0.1) is 11.0 Å². The van der Waals surface area contributed by atoms with E-state index in [0.717, 1.165) is 50.5 Å². The Morgan fingerprint density at radius 1 is 1.00 bits per heavy atom.